The molecule has 0 aliphatic rings. The molecule has 0 amide bonds. The third kappa shape index (κ3) is 4.25. The molecule has 1 unspecified atom stereocenters. The third-order valence-electron chi connectivity index (χ3n) is 4.26. The molecule has 0 aliphatic carbocycles. The molecule has 0 bridgehead atoms. The first-order chi connectivity index (χ1) is 12.1. The molecule has 1 atom stereocenters. The monoisotopic (exact) mass is 396 g/mol. The van der Waals surface area contributed by atoms with Crippen LogP contribution in [0, 0.1) is 0 Å². The molecule has 2 aromatic rings. The minimum Gasteiger partial charge on any atom is -0.278 e. The molecule has 0 heterocycles. The predicted molar refractivity (Wildman–Crippen MR) is 103 cm³/mol. The van der Waals surface area contributed by atoms with E-state index < -0.39 is 20.0 Å². The number of anilines is 1. The lowest BCUT2D eigenvalue weighted by Crippen LogP contribution is -2.24. The predicted octanol–water partition coefficient (Wildman–Crippen LogP) is 3.25. The van der Waals surface area contributed by atoms with Crippen molar-refractivity contribution < 1.29 is 16.8 Å². The lowest BCUT2D eigenvalue weighted by molar-refractivity contribution is 0.521. The van der Waals surface area contributed by atoms with Crippen LogP contribution in [0.3, 0.4) is 0 Å². The molecule has 0 fully saturated rings. The van der Waals surface area contributed by atoms with Gasteiger partial charge in [0.2, 0.25) is 10.0 Å². The van der Waals surface area contributed by atoms with Crippen LogP contribution in [0.25, 0.3) is 0 Å². The fraction of sp³-hybridized carbons (Fsp3) is 0.333. The molecule has 1 N–H and O–H groups in total. The fourth-order valence-electron chi connectivity index (χ4n) is 2.39. The van der Waals surface area contributed by atoms with Gasteiger partial charge in [-0.1, -0.05) is 38.1 Å². The molecule has 2 aromatic carbocycles. The zero-order chi connectivity index (χ0) is 19.5. The molecule has 2 rings (SSSR count). The Morgan fingerprint density at radius 2 is 1.54 bits per heavy atom. The summed E-state index contributed by atoms with van der Waals surface area (Å²) in [6, 6.07) is 12.6. The van der Waals surface area contributed by atoms with Crippen LogP contribution in [-0.4, -0.2) is 35.2 Å². The summed E-state index contributed by atoms with van der Waals surface area (Å²) in [6.45, 7) is 4.14. The maximum Gasteiger partial charge on any atom is 0.261 e. The highest BCUT2D eigenvalue weighted by molar-refractivity contribution is 7.93. The van der Waals surface area contributed by atoms with E-state index >= 15 is 0 Å². The van der Waals surface area contributed by atoms with E-state index in [1.165, 1.54) is 38.4 Å². The number of hydrogen-bond donors (Lipinski definition) is 1. The average molecular weight is 397 g/mol. The number of nitrogens with zero attached hydrogens (tertiary/aromatic N) is 1. The van der Waals surface area contributed by atoms with Gasteiger partial charge in [0.25, 0.3) is 10.0 Å². The van der Waals surface area contributed by atoms with Gasteiger partial charge in [-0.25, -0.2) is 21.1 Å². The second-order valence-corrected chi connectivity index (χ2v) is 10.1. The lowest BCUT2D eigenvalue weighted by atomic mass is 9.99. The van der Waals surface area contributed by atoms with Crippen LogP contribution in [0.4, 0.5) is 5.69 Å². The second-order valence-electron chi connectivity index (χ2n) is 6.27. The maximum atomic E-state index is 12.7. The molecular formula is C18H24N2O4S2. The van der Waals surface area contributed by atoms with E-state index in [1.54, 1.807) is 24.3 Å². The van der Waals surface area contributed by atoms with Gasteiger partial charge in [-0.05, 0) is 42.2 Å². The number of nitrogens with one attached hydrogen (secondary N) is 1. The van der Waals surface area contributed by atoms with Crippen LogP contribution in [0.1, 0.15) is 31.7 Å². The Hall–Kier alpha value is -1.90. The fourth-order valence-corrected chi connectivity index (χ4v) is 4.57. The van der Waals surface area contributed by atoms with Crippen LogP contribution >= 0.6 is 0 Å². The molecule has 8 heteroatoms. The maximum absolute atomic E-state index is 12.7. The molecular weight excluding hydrogens is 372 g/mol. The van der Waals surface area contributed by atoms with E-state index in [0.29, 0.717) is 5.92 Å². The van der Waals surface area contributed by atoms with E-state index in [4.69, 9.17) is 0 Å². The van der Waals surface area contributed by atoms with Gasteiger partial charge in [0, 0.05) is 14.1 Å². The number of rotatable bonds is 7. The zero-order valence-corrected chi connectivity index (χ0v) is 16.9. The smallest absolute Gasteiger partial charge is 0.261 e. The molecule has 0 aromatic heterocycles. The van der Waals surface area contributed by atoms with Gasteiger partial charge >= 0.3 is 0 Å². The van der Waals surface area contributed by atoms with E-state index in [9.17, 15) is 16.8 Å². The number of para-hydroxylation sites is 1. The largest absolute Gasteiger partial charge is 0.278 e. The number of hydrogen-bond acceptors (Lipinski definition) is 4. The first kappa shape index (κ1) is 20.4. The summed E-state index contributed by atoms with van der Waals surface area (Å²) in [6.07, 6.45) is 0.958. The van der Waals surface area contributed by atoms with Gasteiger partial charge < -0.3 is 0 Å². The minimum atomic E-state index is -3.90. The highest BCUT2D eigenvalue weighted by Gasteiger charge is 2.24. The molecule has 0 spiro atoms. The highest BCUT2D eigenvalue weighted by Crippen LogP contribution is 2.26. The van der Waals surface area contributed by atoms with Crippen LogP contribution < -0.4 is 4.72 Å². The highest BCUT2D eigenvalue weighted by atomic mass is 32.2. The summed E-state index contributed by atoms with van der Waals surface area (Å²) in [4.78, 5) is -0.00796. The van der Waals surface area contributed by atoms with Crippen molar-refractivity contribution in [2.45, 2.75) is 36.0 Å². The van der Waals surface area contributed by atoms with Crippen molar-refractivity contribution in [3.8, 4) is 0 Å². The van der Waals surface area contributed by atoms with E-state index in [-0.39, 0.29) is 15.5 Å². The van der Waals surface area contributed by atoms with Gasteiger partial charge in [0.1, 0.15) is 4.90 Å². The van der Waals surface area contributed by atoms with E-state index in [0.717, 1.165) is 16.3 Å². The Balaban J connectivity index is 2.39. The van der Waals surface area contributed by atoms with Crippen molar-refractivity contribution in [2.75, 3.05) is 18.8 Å². The lowest BCUT2D eigenvalue weighted by Gasteiger charge is -2.16. The Morgan fingerprint density at radius 1 is 0.962 bits per heavy atom. The normalized spacial score (nSPS) is 13.6. The van der Waals surface area contributed by atoms with E-state index in [1.807, 2.05) is 0 Å². The quantitative estimate of drug-likeness (QED) is 0.779. The number of benzene rings is 2. The second kappa shape index (κ2) is 7.77. The van der Waals surface area contributed by atoms with Gasteiger partial charge in [-0.3, -0.25) is 4.72 Å². The van der Waals surface area contributed by atoms with E-state index in [2.05, 4.69) is 18.6 Å². The van der Waals surface area contributed by atoms with Gasteiger partial charge in [-0.2, -0.15) is 0 Å². The van der Waals surface area contributed by atoms with Crippen LogP contribution in [0.2, 0.25) is 0 Å². The van der Waals surface area contributed by atoms with Crippen molar-refractivity contribution in [2.24, 2.45) is 0 Å². The summed E-state index contributed by atoms with van der Waals surface area (Å²) in [7, 11) is -4.89. The van der Waals surface area contributed by atoms with Crippen LogP contribution in [-0.2, 0) is 20.0 Å². The molecule has 0 saturated carbocycles. The van der Waals surface area contributed by atoms with Crippen molar-refractivity contribution in [3.05, 3.63) is 54.1 Å². The van der Waals surface area contributed by atoms with Gasteiger partial charge in [0.15, 0.2) is 0 Å². The molecule has 0 radical (unpaired) electrons. The van der Waals surface area contributed by atoms with Crippen molar-refractivity contribution in [3.63, 3.8) is 0 Å². The van der Waals surface area contributed by atoms with Crippen molar-refractivity contribution in [1.82, 2.24) is 4.31 Å². The molecule has 0 aliphatic heterocycles. The Bertz CT molecular complexity index is 967. The summed E-state index contributed by atoms with van der Waals surface area (Å²) < 4.78 is 53.6. The van der Waals surface area contributed by atoms with Crippen LogP contribution in [0.5, 0.6) is 0 Å². The summed E-state index contributed by atoms with van der Waals surface area (Å²) >= 11 is 0. The summed E-state index contributed by atoms with van der Waals surface area (Å²) in [5.74, 6) is 0.339. The molecule has 6 nitrogen and oxygen atoms in total. The molecule has 142 valence electrons. The standard InChI is InChI=1S/C18H24N2O4S2/c1-5-14(2)15-10-12-16(13-11-15)25(21,22)19-17-8-6-7-9-18(17)26(23,24)20(3)4/h6-14,19H,5H2,1-4H3. The first-order valence-electron chi connectivity index (χ1n) is 8.24. The average Bonchev–Trinajstić information content (AvgIpc) is 2.61. The molecule has 26 heavy (non-hydrogen) atoms. The van der Waals surface area contributed by atoms with Crippen LogP contribution in [0.15, 0.2) is 58.3 Å². The Morgan fingerprint density at radius 3 is 2.08 bits per heavy atom. The van der Waals surface area contributed by atoms with Gasteiger partial charge in [0.05, 0.1) is 10.6 Å². The topological polar surface area (TPSA) is 83.5 Å². The van der Waals surface area contributed by atoms with Crippen molar-refractivity contribution >= 4 is 25.7 Å². The van der Waals surface area contributed by atoms with Gasteiger partial charge in [-0.15, -0.1) is 0 Å². The SMILES string of the molecule is CCC(C)c1ccc(S(=O)(=O)Nc2ccccc2S(=O)(=O)N(C)C)cc1. The number of sulfonamides is 2. The third-order valence-corrected chi connectivity index (χ3v) is 7.52. The Labute approximate surface area is 156 Å². The Kier molecular flexibility index (Phi) is 6.10. The summed E-state index contributed by atoms with van der Waals surface area (Å²) in [5, 5.41) is 0. The molecule has 0 saturated heterocycles. The zero-order valence-electron chi connectivity index (χ0n) is 15.3. The van der Waals surface area contributed by atoms with Crippen molar-refractivity contribution in [1.29, 1.82) is 0 Å². The summed E-state index contributed by atoms with van der Waals surface area (Å²) in [5.41, 5.74) is 1.08. The first-order valence-corrected chi connectivity index (χ1v) is 11.2. The minimum absolute atomic E-state index is 0.0206.